The zero-order valence-corrected chi connectivity index (χ0v) is 12.2. The Morgan fingerprint density at radius 1 is 1.30 bits per heavy atom. The molecule has 2 aromatic heterocycles. The normalized spacial score (nSPS) is 16.7. The molecule has 0 unspecified atom stereocenters. The molecule has 1 saturated heterocycles. The first-order valence-electron chi connectivity index (χ1n) is 7.18. The van der Waals surface area contributed by atoms with Crippen LogP contribution in [0.5, 0.6) is 0 Å². The lowest BCUT2D eigenvalue weighted by atomic mass is 10.3. The number of hydrogen-bond donors (Lipinski definition) is 1. The standard InChI is InChI=1S/C14H22N6/c1-12-9-13-16-11-17-20(13)14(10-12)18(2)7-8-19-5-3-15-4-6-19/h9-11,15H,3-8H2,1-2H3. The lowest BCUT2D eigenvalue weighted by molar-refractivity contribution is 0.246. The van der Waals surface area contributed by atoms with Gasteiger partial charge in [-0.3, -0.25) is 4.90 Å². The van der Waals surface area contributed by atoms with E-state index >= 15 is 0 Å². The van der Waals surface area contributed by atoms with Crippen LogP contribution in [0.2, 0.25) is 0 Å². The van der Waals surface area contributed by atoms with Crippen molar-refractivity contribution in [1.82, 2.24) is 24.8 Å². The summed E-state index contributed by atoms with van der Waals surface area (Å²) >= 11 is 0. The molecule has 0 atom stereocenters. The van der Waals surface area contributed by atoms with Gasteiger partial charge in [-0.15, -0.1) is 0 Å². The van der Waals surface area contributed by atoms with E-state index in [0.29, 0.717) is 0 Å². The summed E-state index contributed by atoms with van der Waals surface area (Å²) < 4.78 is 1.91. The molecule has 1 fully saturated rings. The van der Waals surface area contributed by atoms with Crippen LogP contribution >= 0.6 is 0 Å². The van der Waals surface area contributed by atoms with E-state index in [2.05, 4.69) is 51.3 Å². The fourth-order valence-electron chi connectivity index (χ4n) is 2.65. The minimum Gasteiger partial charge on any atom is -0.358 e. The van der Waals surface area contributed by atoms with E-state index in [-0.39, 0.29) is 0 Å². The minimum atomic E-state index is 0.911. The van der Waals surface area contributed by atoms with Crippen molar-refractivity contribution in [3.63, 3.8) is 0 Å². The molecule has 0 bridgehead atoms. The van der Waals surface area contributed by atoms with Gasteiger partial charge in [-0.05, 0) is 24.6 Å². The fraction of sp³-hybridized carbons (Fsp3) is 0.571. The summed E-state index contributed by atoms with van der Waals surface area (Å²) in [5, 5.41) is 7.70. The highest BCUT2D eigenvalue weighted by Crippen LogP contribution is 2.16. The van der Waals surface area contributed by atoms with Crippen molar-refractivity contribution in [3.05, 3.63) is 24.0 Å². The van der Waals surface area contributed by atoms with Gasteiger partial charge in [0.15, 0.2) is 5.65 Å². The Morgan fingerprint density at radius 2 is 2.10 bits per heavy atom. The van der Waals surface area contributed by atoms with E-state index in [4.69, 9.17) is 0 Å². The van der Waals surface area contributed by atoms with Crippen molar-refractivity contribution >= 4 is 11.5 Å². The first kappa shape index (κ1) is 13.3. The third kappa shape index (κ3) is 2.76. The van der Waals surface area contributed by atoms with E-state index in [0.717, 1.165) is 50.7 Å². The van der Waals surface area contributed by atoms with Crippen LogP contribution in [0.4, 0.5) is 5.82 Å². The Bertz CT molecular complexity index is 572. The molecule has 1 aliphatic rings. The summed E-state index contributed by atoms with van der Waals surface area (Å²) in [6, 6.07) is 4.22. The van der Waals surface area contributed by atoms with Gasteiger partial charge in [-0.25, -0.2) is 4.98 Å². The molecule has 6 nitrogen and oxygen atoms in total. The molecule has 0 aromatic carbocycles. The van der Waals surface area contributed by atoms with Crippen molar-refractivity contribution in [2.45, 2.75) is 6.92 Å². The van der Waals surface area contributed by atoms with E-state index < -0.39 is 0 Å². The number of hydrogen-bond acceptors (Lipinski definition) is 5. The van der Waals surface area contributed by atoms with Crippen LogP contribution in [0.3, 0.4) is 0 Å². The summed E-state index contributed by atoms with van der Waals surface area (Å²) in [6.07, 6.45) is 1.61. The number of likely N-dealkylation sites (N-methyl/N-ethyl adjacent to an activating group) is 1. The predicted molar refractivity (Wildman–Crippen MR) is 80.3 cm³/mol. The molecule has 108 valence electrons. The van der Waals surface area contributed by atoms with Crippen LogP contribution in [-0.4, -0.2) is 65.8 Å². The Hall–Kier alpha value is -1.66. The van der Waals surface area contributed by atoms with E-state index in [1.54, 1.807) is 6.33 Å². The zero-order chi connectivity index (χ0) is 13.9. The Balaban J connectivity index is 1.71. The van der Waals surface area contributed by atoms with Crippen molar-refractivity contribution in [2.24, 2.45) is 0 Å². The zero-order valence-electron chi connectivity index (χ0n) is 12.2. The highest BCUT2D eigenvalue weighted by atomic mass is 15.4. The second-order valence-corrected chi connectivity index (χ2v) is 5.43. The first-order valence-corrected chi connectivity index (χ1v) is 7.18. The van der Waals surface area contributed by atoms with Crippen LogP contribution in [0.1, 0.15) is 5.56 Å². The van der Waals surface area contributed by atoms with Gasteiger partial charge in [0.25, 0.3) is 0 Å². The van der Waals surface area contributed by atoms with Crippen molar-refractivity contribution in [1.29, 1.82) is 0 Å². The number of aryl methyl sites for hydroxylation is 1. The molecule has 0 spiro atoms. The minimum absolute atomic E-state index is 0.911. The number of aromatic nitrogens is 3. The number of nitrogens with one attached hydrogen (secondary N) is 1. The molecular weight excluding hydrogens is 252 g/mol. The molecule has 0 aliphatic carbocycles. The number of piperazine rings is 1. The molecule has 3 heterocycles. The number of nitrogens with zero attached hydrogens (tertiary/aromatic N) is 5. The Labute approximate surface area is 119 Å². The molecule has 0 radical (unpaired) electrons. The molecule has 2 aromatic rings. The van der Waals surface area contributed by atoms with Gasteiger partial charge in [-0.1, -0.05) is 0 Å². The van der Waals surface area contributed by atoms with E-state index in [9.17, 15) is 0 Å². The molecule has 3 rings (SSSR count). The average Bonchev–Trinajstić information content (AvgIpc) is 2.93. The summed E-state index contributed by atoms with van der Waals surface area (Å²) in [5.41, 5.74) is 2.13. The van der Waals surface area contributed by atoms with Crippen LogP contribution < -0.4 is 10.2 Å². The summed E-state index contributed by atoms with van der Waals surface area (Å²) in [7, 11) is 2.12. The number of pyridine rings is 1. The number of anilines is 1. The molecular formula is C14H22N6. The van der Waals surface area contributed by atoms with Crippen LogP contribution in [-0.2, 0) is 0 Å². The van der Waals surface area contributed by atoms with Gasteiger partial charge < -0.3 is 10.2 Å². The van der Waals surface area contributed by atoms with E-state index in [1.165, 1.54) is 5.56 Å². The van der Waals surface area contributed by atoms with Crippen molar-refractivity contribution < 1.29 is 0 Å². The van der Waals surface area contributed by atoms with E-state index in [1.807, 2.05) is 4.52 Å². The van der Waals surface area contributed by atoms with Crippen molar-refractivity contribution in [3.8, 4) is 0 Å². The topological polar surface area (TPSA) is 48.7 Å². The second kappa shape index (κ2) is 5.76. The quantitative estimate of drug-likeness (QED) is 0.873. The lowest BCUT2D eigenvalue weighted by Gasteiger charge is -2.29. The largest absolute Gasteiger partial charge is 0.358 e. The monoisotopic (exact) mass is 274 g/mol. The molecule has 0 saturated carbocycles. The lowest BCUT2D eigenvalue weighted by Crippen LogP contribution is -2.46. The Morgan fingerprint density at radius 3 is 2.90 bits per heavy atom. The third-order valence-electron chi connectivity index (χ3n) is 3.86. The molecule has 20 heavy (non-hydrogen) atoms. The summed E-state index contributed by atoms with van der Waals surface area (Å²) in [6.45, 7) is 8.66. The van der Waals surface area contributed by atoms with Gasteiger partial charge in [-0.2, -0.15) is 9.61 Å². The van der Waals surface area contributed by atoms with Gasteiger partial charge in [0.1, 0.15) is 12.1 Å². The van der Waals surface area contributed by atoms with Crippen LogP contribution in [0.15, 0.2) is 18.5 Å². The molecule has 1 aliphatic heterocycles. The van der Waals surface area contributed by atoms with Gasteiger partial charge in [0, 0.05) is 46.3 Å². The maximum atomic E-state index is 4.32. The average molecular weight is 274 g/mol. The van der Waals surface area contributed by atoms with Crippen molar-refractivity contribution in [2.75, 3.05) is 51.2 Å². The summed E-state index contributed by atoms with van der Waals surface area (Å²) in [5.74, 6) is 1.10. The summed E-state index contributed by atoms with van der Waals surface area (Å²) in [4.78, 5) is 9.04. The first-order chi connectivity index (χ1) is 9.74. The predicted octanol–water partition coefficient (Wildman–Crippen LogP) is 0.379. The highest BCUT2D eigenvalue weighted by molar-refractivity contribution is 5.52. The van der Waals surface area contributed by atoms with Crippen LogP contribution in [0.25, 0.3) is 5.65 Å². The molecule has 0 amide bonds. The smallest absolute Gasteiger partial charge is 0.157 e. The third-order valence-corrected chi connectivity index (χ3v) is 3.86. The van der Waals surface area contributed by atoms with Gasteiger partial charge in [0.05, 0.1) is 0 Å². The van der Waals surface area contributed by atoms with Gasteiger partial charge in [0.2, 0.25) is 0 Å². The molecule has 6 heteroatoms. The highest BCUT2D eigenvalue weighted by Gasteiger charge is 2.12. The maximum Gasteiger partial charge on any atom is 0.157 e. The number of fused-ring (bicyclic) bond motifs is 1. The number of rotatable bonds is 4. The van der Waals surface area contributed by atoms with Crippen LogP contribution in [0, 0.1) is 6.92 Å². The molecule has 1 N–H and O–H groups in total. The van der Waals surface area contributed by atoms with Gasteiger partial charge >= 0.3 is 0 Å². The second-order valence-electron chi connectivity index (χ2n) is 5.43. The Kier molecular flexibility index (Phi) is 3.84. The fourth-order valence-corrected chi connectivity index (χ4v) is 2.65. The maximum absolute atomic E-state index is 4.32. The SMILES string of the molecule is Cc1cc(N(C)CCN2CCNCC2)n2ncnc2c1.